The second-order valence-corrected chi connectivity index (χ2v) is 6.68. The Morgan fingerprint density at radius 3 is 2.33 bits per heavy atom. The average molecular weight is 317 g/mol. The third kappa shape index (κ3) is 5.62. The first kappa shape index (κ1) is 17.9. The van der Waals surface area contributed by atoms with E-state index in [2.05, 4.69) is 4.72 Å². The van der Waals surface area contributed by atoms with E-state index in [9.17, 15) is 8.42 Å². The van der Waals surface area contributed by atoms with E-state index in [1.165, 1.54) is 19.2 Å². The van der Waals surface area contributed by atoms with E-state index in [1.807, 2.05) is 13.8 Å². The van der Waals surface area contributed by atoms with E-state index in [4.69, 9.17) is 14.6 Å². The van der Waals surface area contributed by atoms with E-state index in [0.717, 1.165) is 0 Å². The molecule has 1 unspecified atom stereocenters. The van der Waals surface area contributed by atoms with Crippen LogP contribution in [0.1, 0.15) is 13.8 Å². The molecule has 0 bridgehead atoms. The number of aliphatic hydroxyl groups is 1. The zero-order chi connectivity index (χ0) is 15.9. The first-order chi connectivity index (χ1) is 9.90. The molecular weight excluding hydrogens is 294 g/mol. The highest BCUT2D eigenvalue weighted by Gasteiger charge is 2.22. The third-order valence-corrected chi connectivity index (χ3v) is 4.46. The van der Waals surface area contributed by atoms with Gasteiger partial charge in [0.05, 0.1) is 18.1 Å². The molecule has 120 valence electrons. The minimum atomic E-state index is -3.60. The lowest BCUT2D eigenvalue weighted by Gasteiger charge is -2.21. The van der Waals surface area contributed by atoms with Crippen LogP contribution in [0.2, 0.25) is 0 Å². The maximum atomic E-state index is 12.3. The number of aliphatic hydroxyl groups excluding tert-OH is 1. The van der Waals surface area contributed by atoms with E-state index in [0.29, 0.717) is 12.4 Å². The van der Waals surface area contributed by atoms with Crippen LogP contribution in [0.5, 0.6) is 5.75 Å². The summed E-state index contributed by atoms with van der Waals surface area (Å²) in [6.07, 6.45) is 0. The van der Waals surface area contributed by atoms with Gasteiger partial charge in [0.1, 0.15) is 12.4 Å². The molecule has 1 aromatic rings. The molecule has 0 saturated carbocycles. The Labute approximate surface area is 126 Å². The van der Waals surface area contributed by atoms with Crippen molar-refractivity contribution in [2.24, 2.45) is 5.92 Å². The van der Waals surface area contributed by atoms with Crippen molar-refractivity contribution in [3.63, 3.8) is 0 Å². The van der Waals surface area contributed by atoms with Crippen LogP contribution < -0.4 is 9.46 Å². The van der Waals surface area contributed by atoms with Gasteiger partial charge < -0.3 is 14.6 Å². The van der Waals surface area contributed by atoms with Crippen LogP contribution in [-0.4, -0.2) is 46.5 Å². The van der Waals surface area contributed by atoms with Crippen LogP contribution in [-0.2, 0) is 14.8 Å². The van der Waals surface area contributed by atoms with Crippen molar-refractivity contribution in [2.45, 2.75) is 24.8 Å². The highest BCUT2D eigenvalue weighted by Crippen LogP contribution is 2.17. The zero-order valence-corrected chi connectivity index (χ0v) is 13.4. The summed E-state index contributed by atoms with van der Waals surface area (Å²) in [5.41, 5.74) is 0. The van der Waals surface area contributed by atoms with Crippen molar-refractivity contribution in [1.29, 1.82) is 0 Å². The molecule has 1 aromatic carbocycles. The topological polar surface area (TPSA) is 84.9 Å². The molecule has 7 heteroatoms. The monoisotopic (exact) mass is 317 g/mol. The zero-order valence-electron chi connectivity index (χ0n) is 12.6. The van der Waals surface area contributed by atoms with Crippen LogP contribution in [0, 0.1) is 5.92 Å². The molecule has 6 nitrogen and oxygen atoms in total. The van der Waals surface area contributed by atoms with E-state index >= 15 is 0 Å². The standard InChI is InChI=1S/C14H23NO5S/c1-11(2)14(10-19-3)15-21(17,18)13-6-4-12(5-7-13)20-9-8-16/h4-7,11,14-16H,8-10H2,1-3H3. The van der Waals surface area contributed by atoms with Crippen molar-refractivity contribution in [3.8, 4) is 5.75 Å². The summed E-state index contributed by atoms with van der Waals surface area (Å²) in [7, 11) is -2.06. The number of hydrogen-bond acceptors (Lipinski definition) is 5. The summed E-state index contributed by atoms with van der Waals surface area (Å²) in [6.45, 7) is 4.26. The molecule has 0 heterocycles. The minimum absolute atomic E-state index is 0.0886. The number of rotatable bonds is 9. The van der Waals surface area contributed by atoms with Crippen molar-refractivity contribution in [3.05, 3.63) is 24.3 Å². The summed E-state index contributed by atoms with van der Waals surface area (Å²) >= 11 is 0. The largest absolute Gasteiger partial charge is 0.491 e. The highest BCUT2D eigenvalue weighted by atomic mass is 32.2. The maximum Gasteiger partial charge on any atom is 0.240 e. The van der Waals surface area contributed by atoms with Gasteiger partial charge in [-0.05, 0) is 30.2 Å². The van der Waals surface area contributed by atoms with Gasteiger partial charge in [-0.15, -0.1) is 0 Å². The summed E-state index contributed by atoms with van der Waals surface area (Å²) < 4.78 is 37.5. The van der Waals surface area contributed by atoms with E-state index in [1.54, 1.807) is 12.1 Å². The summed E-state index contributed by atoms with van der Waals surface area (Å²) in [5, 5.41) is 8.67. The van der Waals surface area contributed by atoms with Crippen molar-refractivity contribution in [1.82, 2.24) is 4.72 Å². The predicted molar refractivity (Wildman–Crippen MR) is 79.8 cm³/mol. The van der Waals surface area contributed by atoms with Gasteiger partial charge >= 0.3 is 0 Å². The fourth-order valence-electron chi connectivity index (χ4n) is 1.69. The molecule has 0 aliphatic heterocycles. The van der Waals surface area contributed by atoms with Gasteiger partial charge in [0.25, 0.3) is 0 Å². The lowest BCUT2D eigenvalue weighted by atomic mass is 10.1. The normalized spacial score (nSPS) is 13.4. The lowest BCUT2D eigenvalue weighted by molar-refractivity contribution is 0.157. The van der Waals surface area contributed by atoms with Gasteiger partial charge in [-0.25, -0.2) is 13.1 Å². The van der Waals surface area contributed by atoms with Crippen LogP contribution in [0.25, 0.3) is 0 Å². The van der Waals surface area contributed by atoms with Gasteiger partial charge in [-0.3, -0.25) is 0 Å². The lowest BCUT2D eigenvalue weighted by Crippen LogP contribution is -2.41. The number of ether oxygens (including phenoxy) is 2. The maximum absolute atomic E-state index is 12.3. The van der Waals surface area contributed by atoms with Crippen molar-refractivity contribution in [2.75, 3.05) is 26.9 Å². The number of nitrogens with one attached hydrogen (secondary N) is 1. The molecule has 0 amide bonds. The van der Waals surface area contributed by atoms with Gasteiger partial charge in [0, 0.05) is 13.2 Å². The Morgan fingerprint density at radius 2 is 1.86 bits per heavy atom. The molecule has 0 spiro atoms. The molecule has 0 fully saturated rings. The van der Waals surface area contributed by atoms with Gasteiger partial charge in [0.15, 0.2) is 0 Å². The van der Waals surface area contributed by atoms with E-state index in [-0.39, 0.29) is 30.1 Å². The molecule has 1 atom stereocenters. The molecule has 21 heavy (non-hydrogen) atoms. The molecule has 0 aromatic heterocycles. The molecule has 2 N–H and O–H groups in total. The average Bonchev–Trinajstić information content (AvgIpc) is 2.45. The fraction of sp³-hybridized carbons (Fsp3) is 0.571. The van der Waals surface area contributed by atoms with Gasteiger partial charge in [0.2, 0.25) is 10.0 Å². The Morgan fingerprint density at radius 1 is 1.24 bits per heavy atom. The Hall–Kier alpha value is -1.15. The minimum Gasteiger partial charge on any atom is -0.491 e. The predicted octanol–water partition coefficient (Wildman–Crippen LogP) is 1.01. The number of hydrogen-bond donors (Lipinski definition) is 2. The summed E-state index contributed by atoms with van der Waals surface area (Å²) in [5.74, 6) is 0.632. The first-order valence-corrected chi connectivity index (χ1v) is 8.24. The molecular formula is C14H23NO5S. The summed E-state index contributed by atoms with van der Waals surface area (Å²) in [4.78, 5) is 0.167. The smallest absolute Gasteiger partial charge is 0.240 e. The Kier molecular flexibility index (Phi) is 7.10. The molecule has 0 aliphatic rings. The molecule has 0 aliphatic carbocycles. The Balaban J connectivity index is 2.81. The SMILES string of the molecule is COCC(NS(=O)(=O)c1ccc(OCCO)cc1)C(C)C. The molecule has 1 rings (SSSR count). The number of methoxy groups -OCH3 is 1. The van der Waals surface area contributed by atoms with Gasteiger partial charge in [-0.1, -0.05) is 13.8 Å². The number of benzene rings is 1. The highest BCUT2D eigenvalue weighted by molar-refractivity contribution is 7.89. The second kappa shape index (κ2) is 8.33. The van der Waals surface area contributed by atoms with E-state index < -0.39 is 10.0 Å². The van der Waals surface area contributed by atoms with Crippen molar-refractivity contribution >= 4 is 10.0 Å². The van der Waals surface area contributed by atoms with Crippen LogP contribution >= 0.6 is 0 Å². The van der Waals surface area contributed by atoms with Crippen LogP contribution in [0.4, 0.5) is 0 Å². The fourth-order valence-corrected chi connectivity index (χ4v) is 3.06. The first-order valence-electron chi connectivity index (χ1n) is 6.75. The van der Waals surface area contributed by atoms with Crippen molar-refractivity contribution < 1.29 is 23.0 Å². The molecule has 0 radical (unpaired) electrons. The summed E-state index contributed by atoms with van der Waals surface area (Å²) in [6, 6.07) is 5.78. The van der Waals surface area contributed by atoms with Gasteiger partial charge in [-0.2, -0.15) is 0 Å². The number of sulfonamides is 1. The molecule has 0 saturated heterocycles. The van der Waals surface area contributed by atoms with Crippen LogP contribution in [0.3, 0.4) is 0 Å². The van der Waals surface area contributed by atoms with Crippen LogP contribution in [0.15, 0.2) is 29.2 Å². The second-order valence-electron chi connectivity index (χ2n) is 4.97. The Bertz CT molecular complexity index is 513. The third-order valence-electron chi connectivity index (χ3n) is 2.95. The quantitative estimate of drug-likeness (QED) is 0.710.